The van der Waals surface area contributed by atoms with Crippen LogP contribution >= 0.6 is 11.8 Å². The first kappa shape index (κ1) is 39.6. The number of hydrogen-bond acceptors (Lipinski definition) is 8. The molecule has 5 atom stereocenters. The first-order valence-electron chi connectivity index (χ1n) is 16.1. The second-order valence-corrected chi connectivity index (χ2v) is 13.4. The molecule has 252 valence electrons. The molecule has 1 heterocycles. The van der Waals surface area contributed by atoms with Crippen molar-refractivity contribution < 1.29 is 33.5 Å². The number of nitrogens with one attached hydrogen (secondary N) is 1. The van der Waals surface area contributed by atoms with Crippen molar-refractivity contribution in [2.45, 2.75) is 116 Å². The molecular weight excluding hydrogens is 584 g/mol. The van der Waals surface area contributed by atoms with E-state index in [1.165, 1.54) is 16.9 Å². The van der Waals surface area contributed by atoms with Crippen molar-refractivity contribution in [1.82, 2.24) is 20.0 Å². The molecule has 44 heavy (non-hydrogen) atoms. The molecule has 5 amide bonds. The fourth-order valence-corrected chi connectivity index (χ4v) is 6.91. The Hall–Kier alpha value is -2.47. The van der Waals surface area contributed by atoms with Gasteiger partial charge in [-0.2, -0.15) is 0 Å². The van der Waals surface area contributed by atoms with Crippen molar-refractivity contribution in [3.8, 4) is 0 Å². The van der Waals surface area contributed by atoms with Gasteiger partial charge in [-0.3, -0.25) is 28.9 Å². The minimum Gasteiger partial charge on any atom is -0.379 e. The molecule has 0 radical (unpaired) electrons. The summed E-state index contributed by atoms with van der Waals surface area (Å²) in [6, 6.07) is -1.09. The van der Waals surface area contributed by atoms with E-state index in [0.29, 0.717) is 25.8 Å². The highest BCUT2D eigenvalue weighted by Crippen LogP contribution is 2.26. The number of imide groups is 1. The Kier molecular flexibility index (Phi) is 18.5. The topological polar surface area (TPSA) is 133 Å². The highest BCUT2D eigenvalue weighted by molar-refractivity contribution is 8.00. The maximum atomic E-state index is 13.2. The van der Waals surface area contributed by atoms with Crippen LogP contribution in [-0.2, 0) is 33.5 Å². The van der Waals surface area contributed by atoms with E-state index in [9.17, 15) is 28.8 Å². The zero-order valence-corrected chi connectivity index (χ0v) is 29.0. The number of methoxy groups -OCH3 is 1. The lowest BCUT2D eigenvalue weighted by Crippen LogP contribution is -2.54. The molecule has 1 aliphatic rings. The highest BCUT2D eigenvalue weighted by Gasteiger charge is 2.38. The molecule has 0 saturated carbocycles. The molecule has 0 aromatic carbocycles. The largest absolute Gasteiger partial charge is 0.379 e. The van der Waals surface area contributed by atoms with Gasteiger partial charge in [-0.25, -0.2) is 0 Å². The van der Waals surface area contributed by atoms with Gasteiger partial charge in [-0.15, -0.1) is 11.8 Å². The van der Waals surface area contributed by atoms with E-state index in [-0.39, 0.29) is 72.6 Å². The summed E-state index contributed by atoms with van der Waals surface area (Å²) in [6.07, 6.45) is 5.71. The van der Waals surface area contributed by atoms with E-state index >= 15 is 0 Å². The fraction of sp³-hybridized carbons (Fsp3) is 0.812. The Labute approximate surface area is 268 Å². The van der Waals surface area contributed by atoms with Crippen LogP contribution in [-0.4, -0.2) is 114 Å². The van der Waals surface area contributed by atoms with Crippen LogP contribution in [0.2, 0.25) is 0 Å². The van der Waals surface area contributed by atoms with Crippen LogP contribution in [0.25, 0.3) is 0 Å². The molecule has 1 aliphatic heterocycles. The van der Waals surface area contributed by atoms with Gasteiger partial charge in [0.2, 0.25) is 29.5 Å². The molecule has 0 aliphatic carbocycles. The molecule has 0 spiro atoms. The monoisotopic (exact) mass is 640 g/mol. The third kappa shape index (κ3) is 11.8. The van der Waals surface area contributed by atoms with E-state index < -0.39 is 18.1 Å². The molecule has 1 N–H and O–H groups in total. The molecular formula is C32H56N4O7S. The zero-order valence-electron chi connectivity index (χ0n) is 28.1. The molecule has 0 aromatic heterocycles. The summed E-state index contributed by atoms with van der Waals surface area (Å²) in [5, 5.41) is 2.44. The number of rotatable bonds is 22. The quantitative estimate of drug-likeness (QED) is 0.108. The van der Waals surface area contributed by atoms with Gasteiger partial charge >= 0.3 is 0 Å². The number of thioether (sulfide) groups is 1. The Bertz CT molecular complexity index is 963. The van der Waals surface area contributed by atoms with Crippen LogP contribution in [0.5, 0.6) is 0 Å². The first-order valence-corrected chi connectivity index (χ1v) is 17.1. The summed E-state index contributed by atoms with van der Waals surface area (Å²) < 4.78 is 5.51. The first-order chi connectivity index (χ1) is 20.9. The number of hydrogen-bond donors (Lipinski definition) is 1. The van der Waals surface area contributed by atoms with Crippen molar-refractivity contribution in [3.63, 3.8) is 0 Å². The number of carbonyl (C=O) groups excluding carboxylic acids is 6. The van der Waals surface area contributed by atoms with E-state index in [1.807, 2.05) is 27.7 Å². The summed E-state index contributed by atoms with van der Waals surface area (Å²) in [7, 11) is 4.76. The van der Waals surface area contributed by atoms with Gasteiger partial charge in [0, 0.05) is 47.0 Å². The molecule has 11 nitrogen and oxygen atoms in total. The van der Waals surface area contributed by atoms with E-state index in [4.69, 9.17) is 4.74 Å². The molecule has 1 saturated heterocycles. The van der Waals surface area contributed by atoms with Gasteiger partial charge in [0.1, 0.15) is 12.3 Å². The van der Waals surface area contributed by atoms with Crippen molar-refractivity contribution in [2.24, 2.45) is 11.8 Å². The summed E-state index contributed by atoms with van der Waals surface area (Å²) in [6.45, 7) is 9.92. The second-order valence-electron chi connectivity index (χ2n) is 12.1. The maximum Gasteiger partial charge on any atom is 0.243 e. The number of nitrogens with zero attached hydrogens (tertiary/aromatic N) is 3. The normalized spacial score (nSPS) is 17.8. The fourth-order valence-electron chi connectivity index (χ4n) is 5.64. The van der Waals surface area contributed by atoms with Crippen LogP contribution in [0.3, 0.4) is 0 Å². The van der Waals surface area contributed by atoms with E-state index in [2.05, 4.69) is 12.2 Å². The number of likely N-dealkylation sites (tertiary alicyclic amines) is 1. The van der Waals surface area contributed by atoms with Crippen LogP contribution < -0.4 is 5.32 Å². The standard InChI is InChI=1S/C32H56N4O7S/c1-9-11-19-44-25-20-27(39)36(32(25)42)17-14-12-13-15-26(38)34(6)29(22(3)4)31(41)33-21-28(40)35(7)30(23(5)10-2)24(43-8)16-18-37/h18,22-25,29-30H,9-17,19-21H2,1-8H3,(H,33,41)/t23-,24+,25?,29-,30-/m0/s1. The van der Waals surface area contributed by atoms with Crippen LogP contribution in [0.1, 0.15) is 92.4 Å². The lowest BCUT2D eigenvalue weighted by Gasteiger charge is -2.37. The number of aldehydes is 1. The van der Waals surface area contributed by atoms with Gasteiger partial charge in [0.25, 0.3) is 0 Å². The highest BCUT2D eigenvalue weighted by atomic mass is 32.2. The average molecular weight is 641 g/mol. The predicted molar refractivity (Wildman–Crippen MR) is 173 cm³/mol. The molecule has 1 rings (SSSR count). The minimum atomic E-state index is -0.755. The summed E-state index contributed by atoms with van der Waals surface area (Å²) in [5.41, 5.74) is 0. The Morgan fingerprint density at radius 2 is 1.73 bits per heavy atom. The Morgan fingerprint density at radius 3 is 2.30 bits per heavy atom. The number of unbranched alkanes of at least 4 members (excludes halogenated alkanes) is 3. The van der Waals surface area contributed by atoms with Crippen LogP contribution in [0.4, 0.5) is 0 Å². The van der Waals surface area contributed by atoms with Gasteiger partial charge in [-0.05, 0) is 36.9 Å². The molecule has 1 fully saturated rings. The molecule has 0 aromatic rings. The van der Waals surface area contributed by atoms with Gasteiger partial charge < -0.3 is 24.6 Å². The number of amides is 5. The van der Waals surface area contributed by atoms with Crippen LogP contribution in [0.15, 0.2) is 0 Å². The van der Waals surface area contributed by atoms with Crippen LogP contribution in [0, 0.1) is 11.8 Å². The molecule has 0 bridgehead atoms. The van der Waals surface area contributed by atoms with Crippen molar-refractivity contribution in [3.05, 3.63) is 0 Å². The van der Waals surface area contributed by atoms with Gasteiger partial charge in [-0.1, -0.05) is 53.9 Å². The maximum absolute atomic E-state index is 13.2. The number of carbonyl (C=O) groups is 6. The second kappa shape index (κ2) is 20.5. The van der Waals surface area contributed by atoms with E-state index in [1.54, 1.807) is 30.8 Å². The lowest BCUT2D eigenvalue weighted by atomic mass is 9.91. The Balaban J connectivity index is 2.62. The zero-order chi connectivity index (χ0) is 33.4. The van der Waals surface area contributed by atoms with Gasteiger partial charge in [0.15, 0.2) is 0 Å². The third-order valence-corrected chi connectivity index (χ3v) is 9.79. The molecule has 1 unspecified atom stereocenters. The predicted octanol–water partition coefficient (Wildman–Crippen LogP) is 3.28. The average Bonchev–Trinajstić information content (AvgIpc) is 3.26. The summed E-state index contributed by atoms with van der Waals surface area (Å²) in [4.78, 5) is 79.7. The minimum absolute atomic E-state index is 0.0690. The SMILES string of the molecule is CCCCSC1CC(=O)N(CCCCCC(=O)N(C)[C@H](C(=O)NCC(=O)N(C)[C@@H]([C@@H](C)CC)[C@@H](CC=O)OC)C(C)C)C1=O. The summed E-state index contributed by atoms with van der Waals surface area (Å²) in [5.74, 6) is -0.369. The van der Waals surface area contributed by atoms with Crippen molar-refractivity contribution in [1.29, 1.82) is 0 Å². The smallest absolute Gasteiger partial charge is 0.243 e. The number of ether oxygens (including phenoxy) is 1. The van der Waals surface area contributed by atoms with Crippen molar-refractivity contribution >= 4 is 47.6 Å². The van der Waals surface area contributed by atoms with Gasteiger partial charge in [0.05, 0.1) is 23.9 Å². The third-order valence-electron chi connectivity index (χ3n) is 8.50. The summed E-state index contributed by atoms with van der Waals surface area (Å²) >= 11 is 1.56. The molecule has 12 heteroatoms. The lowest BCUT2D eigenvalue weighted by molar-refractivity contribution is -0.142. The Morgan fingerprint density at radius 1 is 1.05 bits per heavy atom. The number of likely N-dealkylation sites (N-methyl/N-ethyl adjacent to an activating group) is 2. The van der Waals surface area contributed by atoms with Crippen molar-refractivity contribution in [2.75, 3.05) is 40.0 Å². The van der Waals surface area contributed by atoms with E-state index in [0.717, 1.165) is 31.3 Å².